The van der Waals surface area contributed by atoms with Crippen molar-refractivity contribution in [2.24, 2.45) is 11.3 Å². The molecule has 4 heteroatoms. The molecule has 2 aliphatic carbocycles. The Morgan fingerprint density at radius 3 is 2.50 bits per heavy atom. The van der Waals surface area contributed by atoms with E-state index in [2.05, 4.69) is 5.32 Å². The number of carboxylic acids is 1. The molecule has 102 valence electrons. The Morgan fingerprint density at radius 2 is 2.00 bits per heavy atom. The predicted octanol–water partition coefficient (Wildman–Crippen LogP) is 2.33. The molecule has 0 saturated heterocycles. The first-order valence-corrected chi connectivity index (χ1v) is 6.99. The molecule has 0 aromatic carbocycles. The minimum absolute atomic E-state index is 0.0461. The zero-order valence-corrected chi connectivity index (χ0v) is 11.3. The molecule has 2 atom stereocenters. The van der Waals surface area contributed by atoms with Gasteiger partial charge >= 0.3 is 5.97 Å². The lowest BCUT2D eigenvalue weighted by atomic mass is 9.95. The third-order valence-corrected chi connectivity index (χ3v) is 4.73. The van der Waals surface area contributed by atoms with Crippen LogP contribution >= 0.6 is 0 Å². The van der Waals surface area contributed by atoms with Crippen LogP contribution in [0.25, 0.3) is 0 Å². The third kappa shape index (κ3) is 2.25. The molecular formula is C14H23NO3. The van der Waals surface area contributed by atoms with Gasteiger partial charge in [-0.1, -0.05) is 26.2 Å². The molecule has 0 aromatic rings. The van der Waals surface area contributed by atoms with E-state index in [4.69, 9.17) is 0 Å². The summed E-state index contributed by atoms with van der Waals surface area (Å²) < 4.78 is 0. The highest BCUT2D eigenvalue weighted by Crippen LogP contribution is 2.62. The molecule has 0 radical (unpaired) electrons. The minimum atomic E-state index is -1.10. The SMILES string of the molecule is CCCC(C)(NC(=O)C1CC12CCCC2)C(=O)O. The van der Waals surface area contributed by atoms with Crippen molar-refractivity contribution >= 4 is 11.9 Å². The summed E-state index contributed by atoms with van der Waals surface area (Å²) in [7, 11) is 0. The van der Waals surface area contributed by atoms with E-state index in [0.29, 0.717) is 6.42 Å². The summed E-state index contributed by atoms with van der Waals surface area (Å²) in [6, 6.07) is 0. The monoisotopic (exact) mass is 253 g/mol. The van der Waals surface area contributed by atoms with Gasteiger partial charge < -0.3 is 10.4 Å². The molecule has 1 amide bonds. The number of aliphatic carboxylic acids is 1. The van der Waals surface area contributed by atoms with E-state index < -0.39 is 11.5 Å². The fourth-order valence-corrected chi connectivity index (χ4v) is 3.43. The maximum atomic E-state index is 12.2. The molecule has 18 heavy (non-hydrogen) atoms. The summed E-state index contributed by atoms with van der Waals surface area (Å²) >= 11 is 0. The normalized spacial score (nSPS) is 27.8. The quantitative estimate of drug-likeness (QED) is 0.790. The van der Waals surface area contributed by atoms with Gasteiger partial charge in [-0.25, -0.2) is 4.79 Å². The second-order valence-corrected chi connectivity index (χ2v) is 6.20. The molecular weight excluding hydrogens is 230 g/mol. The molecule has 2 fully saturated rings. The number of rotatable bonds is 5. The lowest BCUT2D eigenvalue weighted by Gasteiger charge is -2.26. The van der Waals surface area contributed by atoms with Gasteiger partial charge in [-0.05, 0) is 38.0 Å². The summed E-state index contributed by atoms with van der Waals surface area (Å²) in [4.78, 5) is 23.5. The average Bonchev–Trinajstić information content (AvgIpc) is 2.77. The van der Waals surface area contributed by atoms with Crippen molar-refractivity contribution in [2.75, 3.05) is 0 Å². The maximum Gasteiger partial charge on any atom is 0.329 e. The average molecular weight is 253 g/mol. The largest absolute Gasteiger partial charge is 0.480 e. The van der Waals surface area contributed by atoms with E-state index in [1.54, 1.807) is 6.92 Å². The number of nitrogens with one attached hydrogen (secondary N) is 1. The molecule has 2 rings (SSSR count). The van der Waals surface area contributed by atoms with Crippen molar-refractivity contribution in [3.63, 3.8) is 0 Å². The molecule has 4 nitrogen and oxygen atoms in total. The zero-order valence-electron chi connectivity index (χ0n) is 11.3. The Labute approximate surface area is 108 Å². The van der Waals surface area contributed by atoms with Crippen LogP contribution in [0.3, 0.4) is 0 Å². The Hall–Kier alpha value is -1.06. The molecule has 1 spiro atoms. The number of carbonyl (C=O) groups excluding carboxylic acids is 1. The van der Waals surface area contributed by atoms with Gasteiger partial charge in [0.25, 0.3) is 0 Å². The van der Waals surface area contributed by atoms with Crippen LogP contribution < -0.4 is 5.32 Å². The third-order valence-electron chi connectivity index (χ3n) is 4.73. The highest BCUT2D eigenvalue weighted by Gasteiger charge is 2.59. The van der Waals surface area contributed by atoms with Gasteiger partial charge in [0, 0.05) is 5.92 Å². The van der Waals surface area contributed by atoms with Crippen molar-refractivity contribution in [3.8, 4) is 0 Å². The van der Waals surface area contributed by atoms with Gasteiger partial charge in [0.05, 0.1) is 0 Å². The van der Waals surface area contributed by atoms with Crippen molar-refractivity contribution in [1.29, 1.82) is 0 Å². The summed E-state index contributed by atoms with van der Waals surface area (Å²) in [6.45, 7) is 3.55. The van der Waals surface area contributed by atoms with Crippen molar-refractivity contribution in [3.05, 3.63) is 0 Å². The number of amides is 1. The Balaban J connectivity index is 1.96. The van der Waals surface area contributed by atoms with Gasteiger partial charge in [-0.2, -0.15) is 0 Å². The van der Waals surface area contributed by atoms with E-state index in [-0.39, 0.29) is 17.2 Å². The van der Waals surface area contributed by atoms with E-state index in [1.165, 1.54) is 12.8 Å². The fraction of sp³-hybridized carbons (Fsp3) is 0.857. The first-order chi connectivity index (χ1) is 8.43. The molecule has 2 unspecified atom stereocenters. The molecule has 0 aromatic heterocycles. The van der Waals surface area contributed by atoms with Crippen LogP contribution in [-0.4, -0.2) is 22.5 Å². The van der Waals surface area contributed by atoms with Crippen LogP contribution in [0.2, 0.25) is 0 Å². The number of carbonyl (C=O) groups is 2. The zero-order chi connectivity index (χ0) is 13.4. The predicted molar refractivity (Wildman–Crippen MR) is 68.1 cm³/mol. The van der Waals surface area contributed by atoms with Crippen molar-refractivity contribution in [2.45, 2.75) is 64.3 Å². The van der Waals surface area contributed by atoms with Crippen LogP contribution in [0.4, 0.5) is 0 Å². The summed E-state index contributed by atoms with van der Waals surface area (Å²) in [5.74, 6) is -0.912. The van der Waals surface area contributed by atoms with Gasteiger partial charge in [0.2, 0.25) is 5.91 Å². The number of carboxylic acid groups (broad SMARTS) is 1. The molecule has 0 bridgehead atoms. The first kappa shape index (κ1) is 13.4. The smallest absolute Gasteiger partial charge is 0.329 e. The second-order valence-electron chi connectivity index (χ2n) is 6.20. The van der Waals surface area contributed by atoms with Crippen LogP contribution in [-0.2, 0) is 9.59 Å². The summed E-state index contributed by atoms with van der Waals surface area (Å²) in [5, 5.41) is 12.0. The van der Waals surface area contributed by atoms with E-state index >= 15 is 0 Å². The summed E-state index contributed by atoms with van der Waals surface area (Å²) in [6.07, 6.45) is 6.91. The van der Waals surface area contributed by atoms with E-state index in [1.807, 2.05) is 6.92 Å². The Morgan fingerprint density at radius 1 is 1.39 bits per heavy atom. The topological polar surface area (TPSA) is 66.4 Å². The van der Waals surface area contributed by atoms with Gasteiger partial charge in [0.15, 0.2) is 0 Å². The van der Waals surface area contributed by atoms with Crippen molar-refractivity contribution in [1.82, 2.24) is 5.32 Å². The first-order valence-electron chi connectivity index (χ1n) is 6.99. The highest BCUT2D eigenvalue weighted by molar-refractivity contribution is 5.89. The Kier molecular flexibility index (Phi) is 3.39. The molecule has 0 aliphatic heterocycles. The fourth-order valence-electron chi connectivity index (χ4n) is 3.43. The van der Waals surface area contributed by atoms with Crippen LogP contribution in [0, 0.1) is 11.3 Å². The van der Waals surface area contributed by atoms with E-state index in [0.717, 1.165) is 25.7 Å². The standard InChI is InChI=1S/C14H23NO3/c1-3-6-13(2,12(17)18)15-11(16)10-9-14(10)7-4-5-8-14/h10H,3-9H2,1-2H3,(H,15,16)(H,17,18). The van der Waals surface area contributed by atoms with Gasteiger partial charge in [-0.15, -0.1) is 0 Å². The minimum Gasteiger partial charge on any atom is -0.480 e. The Bertz CT molecular complexity index is 360. The van der Waals surface area contributed by atoms with Crippen LogP contribution in [0.15, 0.2) is 0 Å². The molecule has 2 saturated carbocycles. The second kappa shape index (κ2) is 4.56. The molecule has 0 heterocycles. The van der Waals surface area contributed by atoms with Gasteiger partial charge in [-0.3, -0.25) is 4.79 Å². The lowest BCUT2D eigenvalue weighted by molar-refractivity contribution is -0.147. The van der Waals surface area contributed by atoms with Crippen LogP contribution in [0.1, 0.15) is 58.8 Å². The molecule has 2 N–H and O–H groups in total. The highest BCUT2D eigenvalue weighted by atomic mass is 16.4. The molecule has 2 aliphatic rings. The van der Waals surface area contributed by atoms with Crippen molar-refractivity contribution < 1.29 is 14.7 Å². The van der Waals surface area contributed by atoms with E-state index in [9.17, 15) is 14.7 Å². The number of hydrogen-bond donors (Lipinski definition) is 2. The number of hydrogen-bond acceptors (Lipinski definition) is 2. The van der Waals surface area contributed by atoms with Crippen LogP contribution in [0.5, 0.6) is 0 Å². The van der Waals surface area contributed by atoms with Gasteiger partial charge in [0.1, 0.15) is 5.54 Å². The lowest BCUT2D eigenvalue weighted by Crippen LogP contribution is -2.52. The summed E-state index contributed by atoms with van der Waals surface area (Å²) in [5.41, 5.74) is -0.871. The maximum absolute atomic E-state index is 12.2.